The lowest BCUT2D eigenvalue weighted by Crippen LogP contribution is -2.39. The minimum atomic E-state index is -0.516. The van der Waals surface area contributed by atoms with Gasteiger partial charge in [-0.2, -0.15) is 0 Å². The number of carbonyl (C=O) groups excluding carboxylic acids is 1. The first-order chi connectivity index (χ1) is 11.8. The molecule has 134 valence electrons. The number of hydrogen-bond donors (Lipinski definition) is 1. The maximum Gasteiger partial charge on any atom is 0.410 e. The van der Waals surface area contributed by atoms with Crippen LogP contribution >= 0.6 is 0 Å². The first-order valence-electron chi connectivity index (χ1n) is 8.75. The first-order valence-corrected chi connectivity index (χ1v) is 8.75. The monoisotopic (exact) mass is 344 g/mol. The van der Waals surface area contributed by atoms with Crippen LogP contribution in [0.5, 0.6) is 0 Å². The second kappa shape index (κ2) is 6.54. The largest absolute Gasteiger partial charge is 0.444 e. The van der Waals surface area contributed by atoms with Crippen molar-refractivity contribution in [2.75, 3.05) is 13.1 Å². The van der Waals surface area contributed by atoms with E-state index in [1.807, 2.05) is 33.9 Å². The van der Waals surface area contributed by atoms with Crippen LogP contribution in [0.3, 0.4) is 0 Å². The molecule has 25 heavy (non-hydrogen) atoms. The third kappa shape index (κ3) is 3.70. The van der Waals surface area contributed by atoms with Gasteiger partial charge in [0.1, 0.15) is 11.4 Å². The fourth-order valence-corrected chi connectivity index (χ4v) is 3.23. The Morgan fingerprint density at radius 2 is 2.12 bits per heavy atom. The van der Waals surface area contributed by atoms with Gasteiger partial charge < -0.3 is 14.6 Å². The summed E-state index contributed by atoms with van der Waals surface area (Å²) in [5, 5.41) is 0.870. The molecule has 0 radical (unpaired) electrons. The number of amides is 1. The normalized spacial score (nSPS) is 15.4. The summed E-state index contributed by atoms with van der Waals surface area (Å²) in [4.78, 5) is 17.3. The SMILES string of the molecule is CCc1cc(F)cc2c(C3=CCCN(C(=O)OC(C)(C)C)C3)c[nH]c12. The molecule has 2 heterocycles. The maximum absolute atomic E-state index is 14.0. The number of halogens is 1. The van der Waals surface area contributed by atoms with Crippen molar-refractivity contribution in [3.8, 4) is 0 Å². The maximum atomic E-state index is 14.0. The Bertz CT molecular complexity index is 830. The molecule has 0 saturated carbocycles. The van der Waals surface area contributed by atoms with E-state index in [1.165, 1.54) is 0 Å². The number of benzene rings is 1. The average molecular weight is 344 g/mol. The smallest absolute Gasteiger partial charge is 0.410 e. The van der Waals surface area contributed by atoms with Gasteiger partial charge in [0.15, 0.2) is 0 Å². The highest BCUT2D eigenvalue weighted by Gasteiger charge is 2.25. The van der Waals surface area contributed by atoms with E-state index in [9.17, 15) is 9.18 Å². The molecule has 1 aliphatic rings. The molecule has 0 atom stereocenters. The predicted molar refractivity (Wildman–Crippen MR) is 98.0 cm³/mol. The Balaban J connectivity index is 1.90. The Morgan fingerprint density at radius 3 is 2.80 bits per heavy atom. The highest BCUT2D eigenvalue weighted by molar-refractivity contribution is 5.95. The van der Waals surface area contributed by atoms with Crippen molar-refractivity contribution < 1.29 is 13.9 Å². The van der Waals surface area contributed by atoms with Crippen molar-refractivity contribution in [3.63, 3.8) is 0 Å². The van der Waals surface area contributed by atoms with Crippen molar-refractivity contribution in [1.29, 1.82) is 0 Å². The van der Waals surface area contributed by atoms with E-state index in [0.29, 0.717) is 13.1 Å². The molecule has 1 N–H and O–H groups in total. The van der Waals surface area contributed by atoms with Gasteiger partial charge in [-0.3, -0.25) is 0 Å². The van der Waals surface area contributed by atoms with Crippen LogP contribution in [-0.2, 0) is 11.2 Å². The summed E-state index contributed by atoms with van der Waals surface area (Å²) in [5.41, 5.74) is 3.39. The van der Waals surface area contributed by atoms with Crippen LogP contribution in [0, 0.1) is 5.82 Å². The predicted octanol–water partition coefficient (Wildman–Crippen LogP) is 4.89. The molecule has 0 saturated heterocycles. The number of aryl methyl sites for hydroxylation is 1. The zero-order valence-corrected chi connectivity index (χ0v) is 15.3. The number of rotatable bonds is 2. The summed E-state index contributed by atoms with van der Waals surface area (Å²) in [5.74, 6) is -0.231. The quantitative estimate of drug-likeness (QED) is 0.843. The van der Waals surface area contributed by atoms with Crippen molar-refractivity contribution >= 4 is 22.6 Å². The second-order valence-electron chi connectivity index (χ2n) is 7.46. The van der Waals surface area contributed by atoms with E-state index in [1.54, 1.807) is 17.0 Å². The van der Waals surface area contributed by atoms with Gasteiger partial charge in [-0.15, -0.1) is 0 Å². The van der Waals surface area contributed by atoms with E-state index in [2.05, 4.69) is 11.1 Å². The van der Waals surface area contributed by atoms with Crippen LogP contribution in [0.2, 0.25) is 0 Å². The zero-order valence-electron chi connectivity index (χ0n) is 15.3. The van der Waals surface area contributed by atoms with Gasteiger partial charge in [0.05, 0.1) is 0 Å². The van der Waals surface area contributed by atoms with Crippen LogP contribution in [0.25, 0.3) is 16.5 Å². The number of H-pyrrole nitrogens is 1. The highest BCUT2D eigenvalue weighted by Crippen LogP contribution is 2.31. The molecule has 1 aromatic carbocycles. The Labute approximate surface area is 147 Å². The van der Waals surface area contributed by atoms with Gasteiger partial charge in [-0.1, -0.05) is 13.0 Å². The van der Waals surface area contributed by atoms with Crippen molar-refractivity contribution in [3.05, 3.63) is 41.3 Å². The van der Waals surface area contributed by atoms with E-state index in [0.717, 1.165) is 40.4 Å². The lowest BCUT2D eigenvalue weighted by atomic mass is 9.99. The summed E-state index contributed by atoms with van der Waals surface area (Å²) >= 11 is 0. The summed E-state index contributed by atoms with van der Waals surface area (Å²) in [6, 6.07) is 3.14. The lowest BCUT2D eigenvalue weighted by Gasteiger charge is -2.30. The molecule has 0 unspecified atom stereocenters. The van der Waals surface area contributed by atoms with Crippen molar-refractivity contribution in [2.45, 2.75) is 46.1 Å². The molecule has 2 aromatic rings. The van der Waals surface area contributed by atoms with E-state index < -0.39 is 5.60 Å². The second-order valence-corrected chi connectivity index (χ2v) is 7.46. The molecule has 0 spiro atoms. The zero-order chi connectivity index (χ0) is 18.2. The third-order valence-corrected chi connectivity index (χ3v) is 4.37. The van der Waals surface area contributed by atoms with Crippen LogP contribution < -0.4 is 0 Å². The molecule has 1 aromatic heterocycles. The molecule has 1 amide bonds. The third-order valence-electron chi connectivity index (χ3n) is 4.37. The van der Waals surface area contributed by atoms with Crippen LogP contribution in [0.15, 0.2) is 24.4 Å². The van der Waals surface area contributed by atoms with E-state index in [4.69, 9.17) is 4.74 Å². The Kier molecular flexibility index (Phi) is 4.58. The number of ether oxygens (including phenoxy) is 1. The Morgan fingerprint density at radius 1 is 1.36 bits per heavy atom. The van der Waals surface area contributed by atoms with Crippen molar-refractivity contribution in [1.82, 2.24) is 9.88 Å². The van der Waals surface area contributed by atoms with Gasteiger partial charge in [-0.05, 0) is 56.9 Å². The number of carbonyl (C=O) groups is 1. The standard InChI is InChI=1S/C20H25FN2O2/c1-5-13-9-15(21)10-16-17(11-22-18(13)16)14-7-6-8-23(12-14)19(24)25-20(2,3)4/h7,9-11,22H,5-6,8,12H2,1-4H3. The first kappa shape index (κ1) is 17.5. The fourth-order valence-electron chi connectivity index (χ4n) is 3.23. The Hall–Kier alpha value is -2.30. The molecule has 4 nitrogen and oxygen atoms in total. The summed E-state index contributed by atoms with van der Waals surface area (Å²) < 4.78 is 19.5. The highest BCUT2D eigenvalue weighted by atomic mass is 19.1. The molecule has 5 heteroatoms. The topological polar surface area (TPSA) is 45.3 Å². The van der Waals surface area contributed by atoms with Gasteiger partial charge in [-0.25, -0.2) is 9.18 Å². The molecule has 3 rings (SSSR count). The number of hydrogen-bond acceptors (Lipinski definition) is 2. The number of nitrogens with one attached hydrogen (secondary N) is 1. The van der Waals surface area contributed by atoms with Gasteiger partial charge >= 0.3 is 6.09 Å². The summed E-state index contributed by atoms with van der Waals surface area (Å²) in [7, 11) is 0. The molecule has 0 aliphatic carbocycles. The molecule has 1 aliphatic heterocycles. The van der Waals surface area contributed by atoms with E-state index >= 15 is 0 Å². The van der Waals surface area contributed by atoms with Crippen molar-refractivity contribution in [2.24, 2.45) is 0 Å². The minimum absolute atomic E-state index is 0.231. The molecular formula is C20H25FN2O2. The average Bonchev–Trinajstić information content (AvgIpc) is 2.96. The minimum Gasteiger partial charge on any atom is -0.444 e. The summed E-state index contributed by atoms with van der Waals surface area (Å²) in [6.07, 6.45) is 5.25. The van der Waals surface area contributed by atoms with Crippen LogP contribution in [-0.4, -0.2) is 34.7 Å². The van der Waals surface area contributed by atoms with E-state index in [-0.39, 0.29) is 11.9 Å². The van der Waals surface area contributed by atoms with Gasteiger partial charge in [0.25, 0.3) is 0 Å². The number of fused-ring (bicyclic) bond motifs is 1. The van der Waals surface area contributed by atoms with Gasteiger partial charge in [0, 0.05) is 35.8 Å². The van der Waals surface area contributed by atoms with Gasteiger partial charge in [0.2, 0.25) is 0 Å². The number of aromatic nitrogens is 1. The number of aromatic amines is 1. The van der Waals surface area contributed by atoms with Crippen LogP contribution in [0.1, 0.15) is 45.2 Å². The number of nitrogens with zero attached hydrogens (tertiary/aromatic N) is 1. The molecule has 0 bridgehead atoms. The lowest BCUT2D eigenvalue weighted by molar-refractivity contribution is 0.0273. The fraction of sp³-hybridized carbons (Fsp3) is 0.450. The molecule has 0 fully saturated rings. The summed E-state index contributed by atoms with van der Waals surface area (Å²) in [6.45, 7) is 8.70. The molecular weight excluding hydrogens is 319 g/mol. The van der Waals surface area contributed by atoms with Crippen LogP contribution in [0.4, 0.5) is 9.18 Å².